The second-order valence-electron chi connectivity index (χ2n) is 7.97. The number of benzene rings is 2. The van der Waals surface area contributed by atoms with Gasteiger partial charge in [-0.2, -0.15) is 0 Å². The lowest BCUT2D eigenvalue weighted by Crippen LogP contribution is -2.37. The number of hydrogen-bond donors (Lipinski definition) is 0. The maximum absolute atomic E-state index is 2.46. The highest BCUT2D eigenvalue weighted by Crippen LogP contribution is 2.75. The molecule has 2 bridgehead atoms. The molecule has 3 atom stereocenters. The average molecular weight is 306 g/mol. The summed E-state index contributed by atoms with van der Waals surface area (Å²) < 4.78 is 0. The van der Waals surface area contributed by atoms with Crippen molar-refractivity contribution < 1.29 is 0 Å². The van der Waals surface area contributed by atoms with E-state index < -0.39 is 0 Å². The summed E-state index contributed by atoms with van der Waals surface area (Å²) in [4.78, 5) is 0. The zero-order chi connectivity index (χ0) is 16.1. The van der Waals surface area contributed by atoms with Crippen molar-refractivity contribution in [2.24, 2.45) is 16.7 Å². The molecule has 2 unspecified atom stereocenters. The van der Waals surface area contributed by atoms with Crippen molar-refractivity contribution in [3.05, 3.63) is 48.0 Å². The first-order valence-electron chi connectivity index (χ1n) is 9.70. The maximum Gasteiger partial charge on any atom is -0.00910 e. The molecule has 0 heterocycles. The van der Waals surface area contributed by atoms with Crippen molar-refractivity contribution in [2.45, 2.75) is 65.2 Å². The molecule has 2 aromatic rings. The standard InChI is InChI=1S/C23H30/c1-4-22(5-2)18-14-15-23(22,6-3)21(16-18)20-13-9-11-17-10-7-8-12-19(17)20/h7-13,18,21H,4-6,14-16H2,1-3H3/t18?,21?,23-/m0/s1. The van der Waals surface area contributed by atoms with E-state index in [-0.39, 0.29) is 0 Å². The predicted octanol–water partition coefficient (Wildman–Crippen LogP) is 6.94. The molecule has 2 aliphatic carbocycles. The summed E-state index contributed by atoms with van der Waals surface area (Å²) in [5.74, 6) is 1.71. The molecule has 0 spiro atoms. The van der Waals surface area contributed by atoms with Crippen molar-refractivity contribution in [3.63, 3.8) is 0 Å². The summed E-state index contributed by atoms with van der Waals surface area (Å²) >= 11 is 0. The summed E-state index contributed by atoms with van der Waals surface area (Å²) in [6.45, 7) is 7.38. The molecular weight excluding hydrogens is 276 g/mol. The van der Waals surface area contributed by atoms with Crippen molar-refractivity contribution in [2.75, 3.05) is 0 Å². The van der Waals surface area contributed by atoms with E-state index in [2.05, 4.69) is 63.2 Å². The van der Waals surface area contributed by atoms with Crippen LogP contribution in [0.2, 0.25) is 0 Å². The fraction of sp³-hybridized carbons (Fsp3) is 0.565. The van der Waals surface area contributed by atoms with E-state index in [1.807, 2.05) is 0 Å². The van der Waals surface area contributed by atoms with E-state index in [4.69, 9.17) is 0 Å². The Morgan fingerprint density at radius 1 is 0.913 bits per heavy atom. The lowest BCUT2D eigenvalue weighted by Gasteiger charge is -2.46. The SMILES string of the molecule is CCC1(CC)C2CC[C@@]1(CC)C(c1cccc3ccccc13)C2. The molecule has 4 rings (SSSR count). The van der Waals surface area contributed by atoms with Gasteiger partial charge in [0.1, 0.15) is 0 Å². The Kier molecular flexibility index (Phi) is 3.55. The van der Waals surface area contributed by atoms with Gasteiger partial charge >= 0.3 is 0 Å². The lowest BCUT2D eigenvalue weighted by molar-refractivity contribution is 0.0566. The first kappa shape index (κ1) is 15.2. The maximum atomic E-state index is 2.46. The molecule has 0 radical (unpaired) electrons. The van der Waals surface area contributed by atoms with Crippen molar-refractivity contribution in [1.82, 2.24) is 0 Å². The second-order valence-corrected chi connectivity index (χ2v) is 7.97. The summed E-state index contributed by atoms with van der Waals surface area (Å²) in [7, 11) is 0. The van der Waals surface area contributed by atoms with Crippen LogP contribution in [0.4, 0.5) is 0 Å². The van der Waals surface area contributed by atoms with Gasteiger partial charge in [-0.05, 0) is 77.5 Å². The third-order valence-corrected chi connectivity index (χ3v) is 7.99. The van der Waals surface area contributed by atoms with Gasteiger partial charge in [0.2, 0.25) is 0 Å². The first-order chi connectivity index (χ1) is 11.2. The van der Waals surface area contributed by atoms with Crippen LogP contribution in [-0.2, 0) is 0 Å². The molecule has 0 amide bonds. The van der Waals surface area contributed by atoms with Gasteiger partial charge in [0.25, 0.3) is 0 Å². The Bertz CT molecular complexity index is 704. The molecule has 2 aliphatic rings. The minimum absolute atomic E-state index is 0.533. The van der Waals surface area contributed by atoms with Gasteiger partial charge < -0.3 is 0 Å². The van der Waals surface area contributed by atoms with Crippen LogP contribution in [0.5, 0.6) is 0 Å². The van der Waals surface area contributed by atoms with Crippen LogP contribution in [0.3, 0.4) is 0 Å². The highest BCUT2D eigenvalue weighted by Gasteiger charge is 2.65. The Balaban J connectivity index is 1.90. The molecule has 2 aromatic carbocycles. The van der Waals surface area contributed by atoms with Gasteiger partial charge in [0, 0.05) is 0 Å². The van der Waals surface area contributed by atoms with Crippen LogP contribution >= 0.6 is 0 Å². The molecule has 122 valence electrons. The van der Waals surface area contributed by atoms with Gasteiger partial charge in [0.05, 0.1) is 0 Å². The van der Waals surface area contributed by atoms with Crippen LogP contribution < -0.4 is 0 Å². The van der Waals surface area contributed by atoms with Crippen molar-refractivity contribution >= 4 is 10.8 Å². The van der Waals surface area contributed by atoms with Crippen LogP contribution in [0.1, 0.15) is 70.8 Å². The number of rotatable bonds is 4. The average Bonchev–Trinajstić information content (AvgIpc) is 3.08. The monoisotopic (exact) mass is 306 g/mol. The molecule has 2 fully saturated rings. The molecule has 0 N–H and O–H groups in total. The smallest absolute Gasteiger partial charge is 0.00910 e. The Hall–Kier alpha value is -1.30. The minimum atomic E-state index is 0.533. The molecule has 0 heteroatoms. The summed E-state index contributed by atoms with van der Waals surface area (Å²) in [5.41, 5.74) is 2.76. The predicted molar refractivity (Wildman–Crippen MR) is 99.8 cm³/mol. The van der Waals surface area contributed by atoms with E-state index in [0.717, 1.165) is 11.8 Å². The molecule has 0 aromatic heterocycles. The van der Waals surface area contributed by atoms with Gasteiger partial charge in [-0.1, -0.05) is 63.2 Å². The van der Waals surface area contributed by atoms with E-state index >= 15 is 0 Å². The molecular formula is C23H30. The van der Waals surface area contributed by atoms with Crippen LogP contribution in [-0.4, -0.2) is 0 Å². The van der Waals surface area contributed by atoms with Gasteiger partial charge in [-0.3, -0.25) is 0 Å². The molecule has 23 heavy (non-hydrogen) atoms. The first-order valence-corrected chi connectivity index (χ1v) is 9.70. The minimum Gasteiger partial charge on any atom is -0.0648 e. The fourth-order valence-corrected chi connectivity index (χ4v) is 7.02. The van der Waals surface area contributed by atoms with Gasteiger partial charge in [0.15, 0.2) is 0 Å². The van der Waals surface area contributed by atoms with Crippen molar-refractivity contribution in [3.8, 4) is 0 Å². The molecule has 0 nitrogen and oxygen atoms in total. The van der Waals surface area contributed by atoms with Crippen molar-refractivity contribution in [1.29, 1.82) is 0 Å². The van der Waals surface area contributed by atoms with E-state index in [9.17, 15) is 0 Å². The second kappa shape index (κ2) is 5.36. The molecule has 2 saturated carbocycles. The summed E-state index contributed by atoms with van der Waals surface area (Å²) in [6.07, 6.45) is 8.41. The Morgan fingerprint density at radius 3 is 2.39 bits per heavy atom. The Morgan fingerprint density at radius 2 is 1.65 bits per heavy atom. The van der Waals surface area contributed by atoms with E-state index in [1.165, 1.54) is 49.3 Å². The quantitative estimate of drug-likeness (QED) is 0.574. The van der Waals surface area contributed by atoms with E-state index in [0.29, 0.717) is 10.8 Å². The summed E-state index contributed by atoms with van der Waals surface area (Å²) in [6, 6.07) is 16.0. The zero-order valence-corrected chi connectivity index (χ0v) is 14.9. The normalized spacial score (nSPS) is 31.8. The van der Waals surface area contributed by atoms with Gasteiger partial charge in [-0.15, -0.1) is 0 Å². The fourth-order valence-electron chi connectivity index (χ4n) is 7.02. The van der Waals surface area contributed by atoms with E-state index in [1.54, 1.807) is 5.56 Å². The summed E-state index contributed by atoms with van der Waals surface area (Å²) in [5, 5.41) is 2.92. The molecule has 0 aliphatic heterocycles. The highest BCUT2D eigenvalue weighted by molar-refractivity contribution is 5.86. The molecule has 0 saturated heterocycles. The third kappa shape index (κ3) is 1.78. The Labute approximate surface area is 141 Å². The highest BCUT2D eigenvalue weighted by atomic mass is 14.7. The zero-order valence-electron chi connectivity index (χ0n) is 14.9. The van der Waals surface area contributed by atoms with Crippen LogP contribution in [0.15, 0.2) is 42.5 Å². The van der Waals surface area contributed by atoms with Crippen LogP contribution in [0.25, 0.3) is 10.8 Å². The van der Waals surface area contributed by atoms with Gasteiger partial charge in [-0.25, -0.2) is 0 Å². The topological polar surface area (TPSA) is 0 Å². The largest absolute Gasteiger partial charge is 0.0648 e. The number of fused-ring (bicyclic) bond motifs is 3. The lowest BCUT2D eigenvalue weighted by atomic mass is 9.58. The number of hydrogen-bond acceptors (Lipinski definition) is 0. The van der Waals surface area contributed by atoms with Crippen LogP contribution in [0, 0.1) is 16.7 Å². The third-order valence-electron chi connectivity index (χ3n) is 7.99.